The zero-order chi connectivity index (χ0) is 16.1. The maximum absolute atomic E-state index is 4.17. The molecule has 0 unspecified atom stereocenters. The van der Waals surface area contributed by atoms with E-state index in [4.69, 9.17) is 0 Å². The normalized spacial score (nSPS) is 14.4. The first-order chi connectivity index (χ1) is 11.8. The van der Waals surface area contributed by atoms with Gasteiger partial charge in [-0.3, -0.25) is 0 Å². The highest BCUT2D eigenvalue weighted by Gasteiger charge is 2.42. The monoisotopic (exact) mass is 370 g/mol. The van der Waals surface area contributed by atoms with E-state index in [1.807, 2.05) is 0 Å². The third-order valence-electron chi connectivity index (χ3n) is 5.05. The molecule has 24 heavy (non-hydrogen) atoms. The summed E-state index contributed by atoms with van der Waals surface area (Å²) in [6.07, 6.45) is 0. The van der Waals surface area contributed by atoms with Gasteiger partial charge in [-0.05, 0) is 38.6 Å². The third-order valence-corrected chi connectivity index (χ3v) is 6.33. The number of benzene rings is 4. The van der Waals surface area contributed by atoms with Crippen molar-refractivity contribution in [2.45, 2.75) is 4.32 Å². The van der Waals surface area contributed by atoms with Crippen LogP contribution in [-0.4, -0.2) is 0 Å². The highest BCUT2D eigenvalue weighted by Crippen LogP contribution is 2.57. The van der Waals surface area contributed by atoms with Crippen molar-refractivity contribution in [3.05, 3.63) is 108 Å². The van der Waals surface area contributed by atoms with Crippen LogP contribution in [0.15, 0.2) is 91.0 Å². The summed E-state index contributed by atoms with van der Waals surface area (Å²) < 4.78 is -0.305. The van der Waals surface area contributed by atoms with Gasteiger partial charge in [-0.25, -0.2) is 0 Å². The molecule has 0 N–H and O–H groups in total. The molecular formula is C23H15Br. The van der Waals surface area contributed by atoms with Crippen molar-refractivity contribution in [1.82, 2.24) is 0 Å². The molecule has 4 aromatic rings. The van der Waals surface area contributed by atoms with Crippen LogP contribution in [0.25, 0.3) is 21.9 Å². The van der Waals surface area contributed by atoms with Gasteiger partial charge >= 0.3 is 0 Å². The van der Waals surface area contributed by atoms with E-state index in [-0.39, 0.29) is 4.32 Å². The molecule has 0 radical (unpaired) electrons. The van der Waals surface area contributed by atoms with E-state index in [1.54, 1.807) is 0 Å². The van der Waals surface area contributed by atoms with E-state index < -0.39 is 0 Å². The first kappa shape index (κ1) is 14.0. The quantitative estimate of drug-likeness (QED) is 0.335. The SMILES string of the molecule is BrC1(c2cccc3ccccc23)c2ccccc2-c2ccccc21. The Labute approximate surface area is 149 Å². The van der Waals surface area contributed by atoms with E-state index in [0.717, 1.165) is 0 Å². The molecule has 0 spiro atoms. The van der Waals surface area contributed by atoms with Crippen LogP contribution in [0.4, 0.5) is 0 Å². The van der Waals surface area contributed by atoms with Gasteiger partial charge in [0.25, 0.3) is 0 Å². The summed E-state index contributed by atoms with van der Waals surface area (Å²) in [6, 6.07) is 32.6. The Kier molecular flexibility index (Phi) is 2.95. The van der Waals surface area contributed by atoms with Gasteiger partial charge < -0.3 is 0 Å². The Morgan fingerprint density at radius 2 is 1.00 bits per heavy atom. The maximum atomic E-state index is 4.17. The fourth-order valence-electron chi connectivity index (χ4n) is 4.00. The lowest BCUT2D eigenvalue weighted by Crippen LogP contribution is -2.18. The summed E-state index contributed by atoms with van der Waals surface area (Å²) in [5.41, 5.74) is 6.58. The van der Waals surface area contributed by atoms with Gasteiger partial charge in [0.2, 0.25) is 0 Å². The van der Waals surface area contributed by atoms with Crippen LogP contribution in [0, 0.1) is 0 Å². The lowest BCUT2D eigenvalue weighted by atomic mass is 9.86. The van der Waals surface area contributed by atoms with Gasteiger partial charge in [0.1, 0.15) is 4.32 Å². The lowest BCUT2D eigenvalue weighted by Gasteiger charge is -2.27. The zero-order valence-electron chi connectivity index (χ0n) is 13.0. The van der Waals surface area contributed by atoms with Crippen molar-refractivity contribution in [3.8, 4) is 11.1 Å². The number of fused-ring (bicyclic) bond motifs is 4. The van der Waals surface area contributed by atoms with Crippen LogP contribution in [-0.2, 0) is 4.32 Å². The van der Waals surface area contributed by atoms with Crippen molar-refractivity contribution in [1.29, 1.82) is 0 Å². The molecule has 114 valence electrons. The van der Waals surface area contributed by atoms with Crippen molar-refractivity contribution in [2.75, 3.05) is 0 Å². The molecular weight excluding hydrogens is 356 g/mol. The standard InChI is InChI=1S/C23H15Br/c24-23(20-15-7-9-16-8-1-2-10-17(16)20)21-13-5-3-11-18(21)19-12-4-6-14-22(19)23/h1-15H. The summed E-state index contributed by atoms with van der Waals surface area (Å²) in [7, 11) is 0. The molecule has 0 saturated heterocycles. The second-order valence-corrected chi connectivity index (χ2v) is 7.47. The number of halogens is 1. The van der Waals surface area contributed by atoms with Crippen LogP contribution < -0.4 is 0 Å². The molecule has 5 rings (SSSR count). The minimum absolute atomic E-state index is 0.305. The van der Waals surface area contributed by atoms with E-state index in [9.17, 15) is 0 Å². The Hall–Kier alpha value is -2.38. The predicted molar refractivity (Wildman–Crippen MR) is 105 cm³/mol. The minimum Gasteiger partial charge on any atom is -0.0695 e. The average molecular weight is 371 g/mol. The van der Waals surface area contributed by atoms with Crippen LogP contribution in [0.1, 0.15) is 16.7 Å². The molecule has 1 aliphatic carbocycles. The van der Waals surface area contributed by atoms with E-state index in [2.05, 4.69) is 107 Å². The fraction of sp³-hybridized carbons (Fsp3) is 0.0435. The van der Waals surface area contributed by atoms with Crippen LogP contribution in [0.5, 0.6) is 0 Å². The molecule has 1 heteroatoms. The Bertz CT molecular complexity index is 1030. The molecule has 0 aliphatic heterocycles. The first-order valence-electron chi connectivity index (χ1n) is 8.17. The molecule has 4 aromatic carbocycles. The van der Waals surface area contributed by atoms with Gasteiger partial charge in [-0.15, -0.1) is 0 Å². The topological polar surface area (TPSA) is 0 Å². The number of hydrogen-bond acceptors (Lipinski definition) is 0. The Balaban J connectivity index is 1.93. The molecule has 0 atom stereocenters. The van der Waals surface area contributed by atoms with Crippen molar-refractivity contribution in [3.63, 3.8) is 0 Å². The van der Waals surface area contributed by atoms with Crippen LogP contribution in [0.3, 0.4) is 0 Å². The molecule has 0 aromatic heterocycles. The predicted octanol–water partition coefficient (Wildman–Crippen LogP) is 6.51. The van der Waals surface area contributed by atoms with Gasteiger partial charge in [0.05, 0.1) is 0 Å². The minimum atomic E-state index is -0.305. The number of rotatable bonds is 1. The number of alkyl halides is 1. The largest absolute Gasteiger partial charge is 0.102 e. The summed E-state index contributed by atoms with van der Waals surface area (Å²) in [5, 5.41) is 2.57. The molecule has 1 aliphatic rings. The van der Waals surface area contributed by atoms with Crippen molar-refractivity contribution in [2.24, 2.45) is 0 Å². The average Bonchev–Trinajstić information content (AvgIpc) is 2.92. The van der Waals surface area contributed by atoms with Gasteiger partial charge in [0, 0.05) is 0 Å². The highest BCUT2D eigenvalue weighted by molar-refractivity contribution is 9.10. The smallest absolute Gasteiger partial charge is 0.0695 e. The van der Waals surface area contributed by atoms with E-state index >= 15 is 0 Å². The summed E-state index contributed by atoms with van der Waals surface area (Å²) in [4.78, 5) is 0. The highest BCUT2D eigenvalue weighted by atomic mass is 79.9. The number of hydrogen-bond donors (Lipinski definition) is 0. The summed E-state index contributed by atoms with van der Waals surface area (Å²) in [6.45, 7) is 0. The Morgan fingerprint density at radius 3 is 1.71 bits per heavy atom. The Morgan fingerprint density at radius 1 is 0.500 bits per heavy atom. The third kappa shape index (κ3) is 1.73. The van der Waals surface area contributed by atoms with Gasteiger partial charge in [-0.1, -0.05) is 107 Å². The van der Waals surface area contributed by atoms with E-state index in [0.29, 0.717) is 0 Å². The second kappa shape index (κ2) is 5.06. The maximum Gasteiger partial charge on any atom is 0.102 e. The van der Waals surface area contributed by atoms with E-state index in [1.165, 1.54) is 38.6 Å². The van der Waals surface area contributed by atoms with Crippen LogP contribution in [0.2, 0.25) is 0 Å². The molecule has 0 saturated carbocycles. The fourth-order valence-corrected chi connectivity index (χ4v) is 5.04. The second-order valence-electron chi connectivity index (χ2n) is 6.28. The summed E-state index contributed by atoms with van der Waals surface area (Å²) in [5.74, 6) is 0. The molecule has 0 nitrogen and oxygen atoms in total. The summed E-state index contributed by atoms with van der Waals surface area (Å²) >= 11 is 4.17. The van der Waals surface area contributed by atoms with Crippen molar-refractivity contribution < 1.29 is 0 Å². The molecule has 0 heterocycles. The molecule has 0 amide bonds. The molecule has 0 bridgehead atoms. The van der Waals surface area contributed by atoms with Gasteiger partial charge in [0.15, 0.2) is 0 Å². The van der Waals surface area contributed by atoms with Crippen LogP contribution >= 0.6 is 15.9 Å². The zero-order valence-corrected chi connectivity index (χ0v) is 14.6. The van der Waals surface area contributed by atoms with Gasteiger partial charge in [-0.2, -0.15) is 0 Å². The molecule has 0 fully saturated rings. The van der Waals surface area contributed by atoms with Crippen molar-refractivity contribution >= 4 is 26.7 Å². The lowest BCUT2D eigenvalue weighted by molar-refractivity contribution is 0.963. The first-order valence-corrected chi connectivity index (χ1v) is 8.96.